The van der Waals surface area contributed by atoms with Gasteiger partial charge in [0.2, 0.25) is 0 Å². The molecule has 0 saturated heterocycles. The predicted molar refractivity (Wildman–Crippen MR) is 229 cm³/mol. The van der Waals surface area contributed by atoms with E-state index in [4.69, 9.17) is 14.2 Å². The number of hydrogen-bond donors (Lipinski definition) is 0. The van der Waals surface area contributed by atoms with Crippen molar-refractivity contribution in [2.24, 2.45) is 0 Å². The first-order valence-corrected chi connectivity index (χ1v) is 24.0. The zero-order valence-electron chi connectivity index (χ0n) is 36.5. The van der Waals surface area contributed by atoms with Gasteiger partial charge in [0.25, 0.3) is 0 Å². The first kappa shape index (κ1) is 52.4. The van der Waals surface area contributed by atoms with Gasteiger partial charge in [-0.1, -0.05) is 233 Å². The van der Waals surface area contributed by atoms with Crippen LogP contribution in [0, 0.1) is 0 Å². The minimum Gasteiger partial charge on any atom is -0.462 e. The smallest absolute Gasteiger partial charge is 0.306 e. The molecule has 0 spiro atoms. The lowest BCUT2D eigenvalue weighted by atomic mass is 10.0. The van der Waals surface area contributed by atoms with Crippen molar-refractivity contribution in [2.75, 3.05) is 13.2 Å². The summed E-state index contributed by atoms with van der Waals surface area (Å²) in [4.78, 5) is 37.5. The van der Waals surface area contributed by atoms with Crippen LogP contribution in [0.25, 0.3) is 0 Å². The average Bonchev–Trinajstić information content (AvgIpc) is 3.17. The zero-order chi connectivity index (χ0) is 39.4. The lowest BCUT2D eigenvalue weighted by Gasteiger charge is -2.18. The topological polar surface area (TPSA) is 78.9 Å². The molecule has 0 fully saturated rings. The Kier molecular flexibility index (Phi) is 42.8. The third-order valence-corrected chi connectivity index (χ3v) is 10.9. The Morgan fingerprint density at radius 2 is 0.500 bits per heavy atom. The number of esters is 3. The van der Waals surface area contributed by atoms with Crippen LogP contribution in [0.3, 0.4) is 0 Å². The molecule has 0 heterocycles. The van der Waals surface area contributed by atoms with Gasteiger partial charge in [0.05, 0.1) is 0 Å². The van der Waals surface area contributed by atoms with Gasteiger partial charge in [0.15, 0.2) is 6.10 Å². The molecule has 0 aliphatic heterocycles. The van der Waals surface area contributed by atoms with E-state index in [1.165, 1.54) is 167 Å². The summed E-state index contributed by atoms with van der Waals surface area (Å²) in [6.07, 6.45) is 45.5. The van der Waals surface area contributed by atoms with Crippen molar-refractivity contribution >= 4 is 17.9 Å². The van der Waals surface area contributed by atoms with Gasteiger partial charge < -0.3 is 14.2 Å². The second-order valence-electron chi connectivity index (χ2n) is 16.4. The summed E-state index contributed by atoms with van der Waals surface area (Å²) in [5.74, 6) is -0.865. The predicted octanol–water partition coefficient (Wildman–Crippen LogP) is 15.3. The van der Waals surface area contributed by atoms with Gasteiger partial charge in [-0.3, -0.25) is 14.4 Å². The van der Waals surface area contributed by atoms with Gasteiger partial charge in [0, 0.05) is 19.3 Å². The molecule has 0 amide bonds. The molecule has 6 heteroatoms. The summed E-state index contributed by atoms with van der Waals surface area (Å²) in [6, 6.07) is 0. The third kappa shape index (κ3) is 41.6. The van der Waals surface area contributed by atoms with Crippen molar-refractivity contribution in [1.29, 1.82) is 0 Å². The first-order valence-electron chi connectivity index (χ1n) is 24.0. The van der Waals surface area contributed by atoms with Crippen molar-refractivity contribution < 1.29 is 28.6 Å². The number of ether oxygens (including phenoxy) is 3. The van der Waals surface area contributed by atoms with Crippen LogP contribution in [0.15, 0.2) is 0 Å². The maximum atomic E-state index is 12.6. The molecule has 320 valence electrons. The summed E-state index contributed by atoms with van der Waals surface area (Å²) >= 11 is 0. The first-order chi connectivity index (χ1) is 26.5. The summed E-state index contributed by atoms with van der Waals surface area (Å²) in [7, 11) is 0. The Morgan fingerprint density at radius 3 is 0.741 bits per heavy atom. The molecule has 1 atom stereocenters. The van der Waals surface area contributed by atoms with E-state index in [-0.39, 0.29) is 31.1 Å². The SMILES string of the molecule is CCCCCCCCCCCCCCCCCCCCCCC(=O)OCC(COC(=O)CCCCCCC)OC(=O)CCCCCCCCCCCCC. The molecular weight excluding hydrogens is 673 g/mol. The van der Waals surface area contributed by atoms with Gasteiger partial charge in [-0.25, -0.2) is 0 Å². The van der Waals surface area contributed by atoms with E-state index in [9.17, 15) is 14.4 Å². The summed E-state index contributed by atoms with van der Waals surface area (Å²) in [5.41, 5.74) is 0. The number of carbonyl (C=O) groups excluding carboxylic acids is 3. The van der Waals surface area contributed by atoms with Gasteiger partial charge in [-0.05, 0) is 19.3 Å². The van der Waals surface area contributed by atoms with E-state index in [0.717, 1.165) is 64.2 Å². The molecule has 0 aromatic rings. The van der Waals surface area contributed by atoms with Crippen molar-refractivity contribution in [2.45, 2.75) is 277 Å². The molecule has 0 saturated carbocycles. The standard InChI is InChI=1S/C48H92O6/c1-4-7-10-13-15-17-19-20-21-22-23-24-25-26-27-29-30-32-35-38-41-47(50)53-44-45(43-52-46(49)40-37-34-12-9-6-3)54-48(51)42-39-36-33-31-28-18-16-14-11-8-5-2/h45H,4-44H2,1-3H3. The number of carbonyl (C=O) groups is 3. The minimum atomic E-state index is -0.756. The van der Waals surface area contributed by atoms with Crippen LogP contribution in [0.5, 0.6) is 0 Å². The summed E-state index contributed by atoms with van der Waals surface area (Å²) in [6.45, 7) is 6.58. The van der Waals surface area contributed by atoms with Gasteiger partial charge in [-0.15, -0.1) is 0 Å². The Morgan fingerprint density at radius 1 is 0.296 bits per heavy atom. The lowest BCUT2D eigenvalue weighted by molar-refractivity contribution is -0.167. The van der Waals surface area contributed by atoms with Gasteiger partial charge in [0.1, 0.15) is 13.2 Å². The molecule has 6 nitrogen and oxygen atoms in total. The normalized spacial score (nSPS) is 11.8. The molecule has 0 rings (SSSR count). The number of unbranched alkanes of at least 4 members (excludes halogenated alkanes) is 33. The van der Waals surface area contributed by atoms with E-state index in [1.807, 2.05) is 0 Å². The monoisotopic (exact) mass is 765 g/mol. The van der Waals surface area contributed by atoms with E-state index in [0.29, 0.717) is 19.3 Å². The number of rotatable bonds is 44. The van der Waals surface area contributed by atoms with Gasteiger partial charge >= 0.3 is 17.9 Å². The second kappa shape index (κ2) is 44.1. The maximum absolute atomic E-state index is 12.6. The van der Waals surface area contributed by atoms with E-state index < -0.39 is 6.10 Å². The Bertz CT molecular complexity index is 798. The lowest BCUT2D eigenvalue weighted by Crippen LogP contribution is -2.30. The maximum Gasteiger partial charge on any atom is 0.306 e. The molecule has 1 unspecified atom stereocenters. The molecule has 0 aliphatic carbocycles. The van der Waals surface area contributed by atoms with Crippen LogP contribution >= 0.6 is 0 Å². The van der Waals surface area contributed by atoms with E-state index >= 15 is 0 Å². The molecule has 0 bridgehead atoms. The summed E-state index contributed by atoms with van der Waals surface area (Å²) < 4.78 is 16.6. The highest BCUT2D eigenvalue weighted by Crippen LogP contribution is 2.16. The van der Waals surface area contributed by atoms with Crippen LogP contribution < -0.4 is 0 Å². The van der Waals surface area contributed by atoms with Crippen LogP contribution in [-0.2, 0) is 28.6 Å². The van der Waals surface area contributed by atoms with Crippen molar-refractivity contribution in [3.8, 4) is 0 Å². The highest BCUT2D eigenvalue weighted by atomic mass is 16.6. The zero-order valence-corrected chi connectivity index (χ0v) is 36.5. The van der Waals surface area contributed by atoms with Crippen LogP contribution in [0.4, 0.5) is 0 Å². The third-order valence-electron chi connectivity index (χ3n) is 10.9. The van der Waals surface area contributed by atoms with Crippen molar-refractivity contribution in [1.82, 2.24) is 0 Å². The second-order valence-corrected chi connectivity index (χ2v) is 16.4. The molecular formula is C48H92O6. The highest BCUT2D eigenvalue weighted by Gasteiger charge is 2.19. The molecule has 0 aromatic heterocycles. The highest BCUT2D eigenvalue weighted by molar-refractivity contribution is 5.71. The van der Waals surface area contributed by atoms with E-state index in [2.05, 4.69) is 20.8 Å². The fraction of sp³-hybridized carbons (Fsp3) is 0.938. The van der Waals surface area contributed by atoms with Crippen molar-refractivity contribution in [3.05, 3.63) is 0 Å². The average molecular weight is 765 g/mol. The molecule has 0 radical (unpaired) electrons. The molecule has 0 aromatic carbocycles. The van der Waals surface area contributed by atoms with Crippen molar-refractivity contribution in [3.63, 3.8) is 0 Å². The Labute approximate surface area is 336 Å². The fourth-order valence-corrected chi connectivity index (χ4v) is 7.21. The molecule has 0 aliphatic rings. The van der Waals surface area contributed by atoms with Crippen LogP contribution in [0.2, 0.25) is 0 Å². The quantitative estimate of drug-likeness (QED) is 0.0349. The minimum absolute atomic E-state index is 0.0637. The Hall–Kier alpha value is -1.59. The Balaban J connectivity index is 4.06. The summed E-state index contributed by atoms with van der Waals surface area (Å²) in [5, 5.41) is 0. The van der Waals surface area contributed by atoms with Gasteiger partial charge in [-0.2, -0.15) is 0 Å². The number of hydrogen-bond acceptors (Lipinski definition) is 6. The largest absolute Gasteiger partial charge is 0.462 e. The van der Waals surface area contributed by atoms with Crippen LogP contribution in [0.1, 0.15) is 271 Å². The van der Waals surface area contributed by atoms with Crippen LogP contribution in [-0.4, -0.2) is 37.2 Å². The fourth-order valence-electron chi connectivity index (χ4n) is 7.21. The molecule has 54 heavy (non-hydrogen) atoms. The molecule has 0 N–H and O–H groups in total. The van der Waals surface area contributed by atoms with E-state index in [1.54, 1.807) is 0 Å².